The normalized spacial score (nSPS) is 12.4. The van der Waals surface area contributed by atoms with Crippen molar-refractivity contribution in [3.05, 3.63) is 65.7 Å². The van der Waals surface area contributed by atoms with E-state index in [0.717, 1.165) is 17.7 Å². The Morgan fingerprint density at radius 3 is 2.14 bits per heavy atom. The molecule has 0 saturated heterocycles. The Bertz CT molecular complexity index is 533. The van der Waals surface area contributed by atoms with Crippen LogP contribution in [-0.2, 0) is 6.42 Å². The lowest BCUT2D eigenvalue weighted by Gasteiger charge is -2.23. The molecule has 2 aromatic carbocycles. The van der Waals surface area contributed by atoms with E-state index in [-0.39, 0.29) is 0 Å². The van der Waals surface area contributed by atoms with E-state index in [1.165, 1.54) is 5.56 Å². The zero-order valence-corrected chi connectivity index (χ0v) is 13.2. The summed E-state index contributed by atoms with van der Waals surface area (Å²) in [6, 6.07) is 18.5. The first-order valence-electron chi connectivity index (χ1n) is 7.59. The molecule has 0 amide bonds. The van der Waals surface area contributed by atoms with Gasteiger partial charge < -0.3 is 10.0 Å². The third-order valence-corrected chi connectivity index (χ3v) is 3.65. The number of rotatable bonds is 6. The molecule has 0 heterocycles. The summed E-state index contributed by atoms with van der Waals surface area (Å²) in [4.78, 5) is 2.08. The highest BCUT2D eigenvalue weighted by molar-refractivity contribution is 5.45. The number of aliphatic hydroxyl groups is 1. The summed E-state index contributed by atoms with van der Waals surface area (Å²) in [5, 5.41) is 10.4. The smallest absolute Gasteiger partial charge is 0.0964 e. The molecule has 2 heteroatoms. The first-order valence-corrected chi connectivity index (χ1v) is 7.59. The number of anilines is 1. The van der Waals surface area contributed by atoms with E-state index in [1.54, 1.807) is 0 Å². The fourth-order valence-corrected chi connectivity index (χ4v) is 2.50. The van der Waals surface area contributed by atoms with Crippen molar-refractivity contribution in [1.82, 2.24) is 0 Å². The predicted molar refractivity (Wildman–Crippen MR) is 89.7 cm³/mol. The molecular weight excluding hydrogens is 258 g/mol. The highest BCUT2D eigenvalue weighted by Crippen LogP contribution is 2.19. The average Bonchev–Trinajstić information content (AvgIpc) is 2.48. The third-order valence-electron chi connectivity index (χ3n) is 3.65. The van der Waals surface area contributed by atoms with Gasteiger partial charge in [-0.3, -0.25) is 0 Å². The summed E-state index contributed by atoms with van der Waals surface area (Å²) in [6.07, 6.45) is 0.614. The Morgan fingerprint density at radius 1 is 0.952 bits per heavy atom. The van der Waals surface area contributed by atoms with Gasteiger partial charge in [-0.15, -0.1) is 0 Å². The summed E-state index contributed by atoms with van der Waals surface area (Å²) in [7, 11) is 2.01. The van der Waals surface area contributed by atoms with Gasteiger partial charge in [-0.05, 0) is 35.6 Å². The lowest BCUT2D eigenvalue weighted by atomic mass is 10.00. The van der Waals surface area contributed by atoms with E-state index in [0.29, 0.717) is 12.5 Å². The molecule has 2 nitrogen and oxygen atoms in total. The van der Waals surface area contributed by atoms with Gasteiger partial charge in [0.15, 0.2) is 0 Å². The van der Waals surface area contributed by atoms with Crippen LogP contribution >= 0.6 is 0 Å². The van der Waals surface area contributed by atoms with Gasteiger partial charge in [-0.2, -0.15) is 0 Å². The second kappa shape index (κ2) is 7.28. The second-order valence-corrected chi connectivity index (χ2v) is 6.07. The molecule has 21 heavy (non-hydrogen) atoms. The molecule has 0 aliphatic carbocycles. The number of likely N-dealkylation sites (N-methyl/N-ethyl adjacent to an activating group) is 1. The molecule has 1 atom stereocenters. The molecule has 0 aliphatic rings. The number of aliphatic hydroxyl groups excluding tert-OH is 1. The molecule has 112 valence electrons. The average molecular weight is 283 g/mol. The van der Waals surface area contributed by atoms with Crippen LogP contribution in [0, 0.1) is 5.92 Å². The second-order valence-electron chi connectivity index (χ2n) is 6.07. The molecule has 0 radical (unpaired) electrons. The van der Waals surface area contributed by atoms with E-state index in [9.17, 15) is 5.11 Å². The van der Waals surface area contributed by atoms with Crippen molar-refractivity contribution >= 4 is 5.69 Å². The van der Waals surface area contributed by atoms with Crippen LogP contribution in [0.2, 0.25) is 0 Å². The van der Waals surface area contributed by atoms with E-state index < -0.39 is 6.10 Å². The number of hydrogen-bond donors (Lipinski definition) is 1. The van der Waals surface area contributed by atoms with Crippen molar-refractivity contribution in [2.75, 3.05) is 18.5 Å². The number of hydrogen-bond acceptors (Lipinski definition) is 2. The number of benzene rings is 2. The largest absolute Gasteiger partial charge is 0.387 e. The molecule has 0 spiro atoms. The van der Waals surface area contributed by atoms with Crippen LogP contribution in [-0.4, -0.2) is 18.7 Å². The monoisotopic (exact) mass is 283 g/mol. The van der Waals surface area contributed by atoms with Gasteiger partial charge in [0, 0.05) is 19.3 Å². The molecule has 0 fully saturated rings. The van der Waals surface area contributed by atoms with Gasteiger partial charge in [-0.1, -0.05) is 56.3 Å². The Hall–Kier alpha value is -1.80. The zero-order chi connectivity index (χ0) is 15.2. The lowest BCUT2D eigenvalue weighted by Crippen LogP contribution is -2.24. The van der Waals surface area contributed by atoms with Gasteiger partial charge in [0.05, 0.1) is 6.10 Å². The standard InChI is InChI=1S/C19H25NO/c1-15(2)13-16-9-11-17(12-10-16)19(21)14-20(3)18-7-5-4-6-8-18/h4-12,15,19,21H,13-14H2,1-3H3. The summed E-state index contributed by atoms with van der Waals surface area (Å²) < 4.78 is 0. The van der Waals surface area contributed by atoms with Gasteiger partial charge in [0.1, 0.15) is 0 Å². The van der Waals surface area contributed by atoms with E-state index in [4.69, 9.17) is 0 Å². The predicted octanol–water partition coefficient (Wildman–Crippen LogP) is 4.05. The maximum absolute atomic E-state index is 10.4. The van der Waals surface area contributed by atoms with E-state index in [1.807, 2.05) is 37.4 Å². The number of para-hydroxylation sites is 1. The summed E-state index contributed by atoms with van der Waals surface area (Å²) in [5.74, 6) is 0.657. The maximum Gasteiger partial charge on any atom is 0.0964 e. The van der Waals surface area contributed by atoms with Crippen LogP contribution in [0.4, 0.5) is 5.69 Å². The Kier molecular flexibility index (Phi) is 5.40. The minimum Gasteiger partial charge on any atom is -0.387 e. The highest BCUT2D eigenvalue weighted by atomic mass is 16.3. The molecular formula is C19H25NO. The van der Waals surface area contributed by atoms with Crippen LogP contribution < -0.4 is 4.90 Å². The minimum atomic E-state index is -0.469. The molecule has 2 rings (SSSR count). The SMILES string of the molecule is CC(C)Cc1ccc(C(O)CN(C)c2ccccc2)cc1. The summed E-state index contributed by atoms with van der Waals surface area (Å²) >= 11 is 0. The fraction of sp³-hybridized carbons (Fsp3) is 0.368. The van der Waals surface area contributed by atoms with Crippen LogP contribution in [0.1, 0.15) is 31.1 Å². The van der Waals surface area contributed by atoms with E-state index >= 15 is 0 Å². The van der Waals surface area contributed by atoms with E-state index in [2.05, 4.69) is 43.0 Å². The minimum absolute atomic E-state index is 0.469. The highest BCUT2D eigenvalue weighted by Gasteiger charge is 2.11. The molecule has 0 aromatic heterocycles. The van der Waals surface area contributed by atoms with Crippen molar-refractivity contribution < 1.29 is 5.11 Å². The van der Waals surface area contributed by atoms with Crippen molar-refractivity contribution in [1.29, 1.82) is 0 Å². The molecule has 2 aromatic rings. The topological polar surface area (TPSA) is 23.5 Å². The van der Waals surface area contributed by atoms with Crippen LogP contribution in [0.25, 0.3) is 0 Å². The van der Waals surface area contributed by atoms with Crippen LogP contribution in [0.5, 0.6) is 0 Å². The first kappa shape index (κ1) is 15.6. The fourth-order valence-electron chi connectivity index (χ4n) is 2.50. The van der Waals surface area contributed by atoms with Gasteiger partial charge in [-0.25, -0.2) is 0 Å². The Morgan fingerprint density at radius 2 is 1.57 bits per heavy atom. The van der Waals surface area contributed by atoms with Gasteiger partial charge >= 0.3 is 0 Å². The Balaban J connectivity index is 1.98. The summed E-state index contributed by atoms with van der Waals surface area (Å²) in [5.41, 5.74) is 3.43. The number of nitrogens with zero attached hydrogens (tertiary/aromatic N) is 1. The molecule has 0 bridgehead atoms. The molecule has 1 unspecified atom stereocenters. The van der Waals surface area contributed by atoms with Crippen molar-refractivity contribution in [3.63, 3.8) is 0 Å². The maximum atomic E-state index is 10.4. The first-order chi connectivity index (χ1) is 10.1. The summed E-state index contributed by atoms with van der Waals surface area (Å²) in [6.45, 7) is 5.03. The third kappa shape index (κ3) is 4.61. The zero-order valence-electron chi connectivity index (χ0n) is 13.2. The van der Waals surface area contributed by atoms with Gasteiger partial charge in [0.2, 0.25) is 0 Å². The van der Waals surface area contributed by atoms with Gasteiger partial charge in [0.25, 0.3) is 0 Å². The van der Waals surface area contributed by atoms with Crippen LogP contribution in [0.3, 0.4) is 0 Å². The van der Waals surface area contributed by atoms with Crippen molar-refractivity contribution in [2.24, 2.45) is 5.92 Å². The van der Waals surface area contributed by atoms with Crippen molar-refractivity contribution in [3.8, 4) is 0 Å². The van der Waals surface area contributed by atoms with Crippen LogP contribution in [0.15, 0.2) is 54.6 Å². The van der Waals surface area contributed by atoms with Crippen molar-refractivity contribution in [2.45, 2.75) is 26.4 Å². The Labute approximate surface area is 128 Å². The molecule has 1 N–H and O–H groups in total. The quantitative estimate of drug-likeness (QED) is 0.864. The molecule has 0 saturated carbocycles. The lowest BCUT2D eigenvalue weighted by molar-refractivity contribution is 0.185. The molecule has 0 aliphatic heterocycles.